The topological polar surface area (TPSA) is 85.1 Å². The monoisotopic (exact) mass is 357 g/mol. The molecule has 0 saturated carbocycles. The highest BCUT2D eigenvalue weighted by Gasteiger charge is 2.15. The van der Waals surface area contributed by atoms with Crippen molar-refractivity contribution in [1.82, 2.24) is 4.98 Å². The Bertz CT molecular complexity index is 1070. The van der Waals surface area contributed by atoms with Gasteiger partial charge in [0, 0.05) is 34.6 Å². The number of amides is 1. The highest BCUT2D eigenvalue weighted by molar-refractivity contribution is 6.04. The maximum atomic E-state index is 12.4. The van der Waals surface area contributed by atoms with Gasteiger partial charge in [-0.15, -0.1) is 0 Å². The maximum Gasteiger partial charge on any atom is 0.273 e. The molecular weight excluding hydrogens is 342 g/mol. The number of rotatable bonds is 3. The zero-order chi connectivity index (χ0) is 19.2. The number of hydrogen-bond acceptors (Lipinski definition) is 4. The zero-order valence-corrected chi connectivity index (χ0v) is 14.5. The lowest BCUT2D eigenvalue weighted by atomic mass is 10.1. The molecule has 1 N–H and O–H groups in total. The van der Waals surface area contributed by atoms with E-state index in [4.69, 9.17) is 0 Å². The second-order valence-corrected chi connectivity index (χ2v) is 5.76. The number of aryl methyl sites for hydroxylation is 1. The number of aromatic nitrogens is 1. The van der Waals surface area contributed by atoms with E-state index in [0.29, 0.717) is 22.5 Å². The van der Waals surface area contributed by atoms with Gasteiger partial charge < -0.3 is 5.32 Å². The van der Waals surface area contributed by atoms with Gasteiger partial charge in [-0.2, -0.15) is 0 Å². The average molecular weight is 357 g/mol. The Morgan fingerprint density at radius 3 is 2.67 bits per heavy atom. The normalized spacial score (nSPS) is 9.81. The Morgan fingerprint density at radius 2 is 1.93 bits per heavy atom. The molecule has 1 amide bonds. The number of hydrogen-bond donors (Lipinski definition) is 1. The van der Waals surface area contributed by atoms with E-state index in [1.54, 1.807) is 43.5 Å². The molecule has 1 aromatic heterocycles. The number of benzene rings is 2. The van der Waals surface area contributed by atoms with Crippen LogP contribution in [0.4, 0.5) is 11.4 Å². The van der Waals surface area contributed by atoms with Gasteiger partial charge in [0.05, 0.1) is 4.92 Å². The number of pyridine rings is 1. The second kappa shape index (κ2) is 7.93. The van der Waals surface area contributed by atoms with Gasteiger partial charge in [-0.25, -0.2) is 4.98 Å². The molecular formula is C21H15N3O3. The number of nitrogens with one attached hydrogen (secondary N) is 1. The van der Waals surface area contributed by atoms with Gasteiger partial charge in [0.1, 0.15) is 5.69 Å². The average Bonchev–Trinajstić information content (AvgIpc) is 2.67. The number of carbonyl (C=O) groups excluding carboxylic acids is 1. The Kier molecular flexibility index (Phi) is 5.24. The van der Waals surface area contributed by atoms with Crippen molar-refractivity contribution in [1.29, 1.82) is 0 Å². The number of anilines is 1. The fourth-order valence-corrected chi connectivity index (χ4v) is 2.40. The molecule has 0 bridgehead atoms. The van der Waals surface area contributed by atoms with Crippen LogP contribution < -0.4 is 5.32 Å². The maximum absolute atomic E-state index is 12.4. The van der Waals surface area contributed by atoms with E-state index in [2.05, 4.69) is 22.1 Å². The zero-order valence-electron chi connectivity index (χ0n) is 14.5. The van der Waals surface area contributed by atoms with Crippen LogP contribution in [0.2, 0.25) is 0 Å². The highest BCUT2D eigenvalue weighted by atomic mass is 16.6. The molecule has 27 heavy (non-hydrogen) atoms. The van der Waals surface area contributed by atoms with Crippen molar-refractivity contribution < 1.29 is 9.72 Å². The lowest BCUT2D eigenvalue weighted by molar-refractivity contribution is -0.385. The molecule has 2 aromatic carbocycles. The predicted molar refractivity (Wildman–Crippen MR) is 102 cm³/mol. The van der Waals surface area contributed by atoms with Gasteiger partial charge in [-0.3, -0.25) is 14.9 Å². The van der Waals surface area contributed by atoms with E-state index in [9.17, 15) is 14.9 Å². The summed E-state index contributed by atoms with van der Waals surface area (Å²) in [6.45, 7) is 1.63. The minimum Gasteiger partial charge on any atom is -0.322 e. The molecule has 0 aliphatic carbocycles. The van der Waals surface area contributed by atoms with Crippen LogP contribution in [0, 0.1) is 28.9 Å². The summed E-state index contributed by atoms with van der Waals surface area (Å²) in [7, 11) is 0. The summed E-state index contributed by atoms with van der Waals surface area (Å²) in [5.41, 5.74) is 2.56. The number of nitro benzene ring substituents is 1. The summed E-state index contributed by atoms with van der Waals surface area (Å²) < 4.78 is 0. The van der Waals surface area contributed by atoms with Gasteiger partial charge in [0.15, 0.2) is 0 Å². The molecule has 0 unspecified atom stereocenters. The Balaban J connectivity index is 1.79. The van der Waals surface area contributed by atoms with E-state index in [1.807, 2.05) is 24.3 Å². The van der Waals surface area contributed by atoms with Gasteiger partial charge in [0.25, 0.3) is 11.6 Å². The third kappa shape index (κ3) is 4.55. The van der Waals surface area contributed by atoms with Crippen molar-refractivity contribution in [2.24, 2.45) is 0 Å². The third-order valence-electron chi connectivity index (χ3n) is 3.79. The molecule has 0 aliphatic rings. The van der Waals surface area contributed by atoms with Crippen LogP contribution in [0.3, 0.4) is 0 Å². The van der Waals surface area contributed by atoms with Crippen LogP contribution in [-0.4, -0.2) is 15.8 Å². The molecule has 3 rings (SSSR count). The lowest BCUT2D eigenvalue weighted by Gasteiger charge is -2.06. The van der Waals surface area contributed by atoms with Crippen molar-refractivity contribution in [2.45, 2.75) is 6.92 Å². The SMILES string of the molecule is Cc1ccc(C(=O)Nc2cccc(C#Cc3ccccn3)c2)cc1[N+](=O)[O-]. The Labute approximate surface area is 156 Å². The van der Waals surface area contributed by atoms with Crippen molar-refractivity contribution >= 4 is 17.3 Å². The first kappa shape index (κ1) is 17.8. The minimum atomic E-state index is -0.500. The summed E-state index contributed by atoms with van der Waals surface area (Å²) in [5, 5.41) is 13.8. The van der Waals surface area contributed by atoms with Crippen molar-refractivity contribution in [3.05, 3.63) is 99.4 Å². The molecule has 6 nitrogen and oxygen atoms in total. The Hall–Kier alpha value is -3.98. The molecule has 1 heterocycles. The summed E-state index contributed by atoms with van der Waals surface area (Å²) in [5.74, 6) is 5.52. The van der Waals surface area contributed by atoms with E-state index in [0.717, 1.165) is 0 Å². The lowest BCUT2D eigenvalue weighted by Crippen LogP contribution is -2.12. The summed E-state index contributed by atoms with van der Waals surface area (Å²) in [6.07, 6.45) is 1.67. The van der Waals surface area contributed by atoms with E-state index in [1.165, 1.54) is 6.07 Å². The van der Waals surface area contributed by atoms with Gasteiger partial charge >= 0.3 is 0 Å². The smallest absolute Gasteiger partial charge is 0.273 e. The molecule has 0 fully saturated rings. The molecule has 3 aromatic rings. The molecule has 132 valence electrons. The summed E-state index contributed by atoms with van der Waals surface area (Å²) in [6, 6.07) is 16.9. The van der Waals surface area contributed by atoms with E-state index in [-0.39, 0.29) is 11.3 Å². The Morgan fingerprint density at radius 1 is 1.07 bits per heavy atom. The molecule has 0 saturated heterocycles. The summed E-state index contributed by atoms with van der Waals surface area (Å²) in [4.78, 5) is 27.1. The third-order valence-corrected chi connectivity index (χ3v) is 3.79. The molecule has 0 spiro atoms. The van der Waals surface area contributed by atoms with Crippen LogP contribution in [0.5, 0.6) is 0 Å². The van der Waals surface area contributed by atoms with Crippen LogP contribution in [0.15, 0.2) is 66.9 Å². The predicted octanol–water partition coefficient (Wildman–Crippen LogP) is 3.95. The highest BCUT2D eigenvalue weighted by Crippen LogP contribution is 2.20. The first-order valence-corrected chi connectivity index (χ1v) is 8.12. The van der Waals surface area contributed by atoms with Gasteiger partial charge in [-0.05, 0) is 49.2 Å². The van der Waals surface area contributed by atoms with Crippen LogP contribution in [0.25, 0.3) is 0 Å². The first-order chi connectivity index (χ1) is 13.0. The quantitative estimate of drug-likeness (QED) is 0.437. The molecule has 0 atom stereocenters. The largest absolute Gasteiger partial charge is 0.322 e. The van der Waals surface area contributed by atoms with Crippen LogP contribution in [-0.2, 0) is 0 Å². The molecule has 0 radical (unpaired) electrons. The second-order valence-electron chi connectivity index (χ2n) is 5.76. The van der Waals surface area contributed by atoms with Gasteiger partial charge in [-0.1, -0.05) is 24.1 Å². The first-order valence-electron chi connectivity index (χ1n) is 8.12. The van der Waals surface area contributed by atoms with E-state index < -0.39 is 10.8 Å². The number of carbonyl (C=O) groups is 1. The fourth-order valence-electron chi connectivity index (χ4n) is 2.40. The van der Waals surface area contributed by atoms with Crippen LogP contribution >= 0.6 is 0 Å². The summed E-state index contributed by atoms with van der Waals surface area (Å²) >= 11 is 0. The fraction of sp³-hybridized carbons (Fsp3) is 0.0476. The minimum absolute atomic E-state index is 0.0855. The van der Waals surface area contributed by atoms with Crippen molar-refractivity contribution in [2.75, 3.05) is 5.32 Å². The number of nitrogens with zero attached hydrogens (tertiary/aromatic N) is 2. The van der Waals surface area contributed by atoms with Crippen molar-refractivity contribution in [3.8, 4) is 11.8 Å². The van der Waals surface area contributed by atoms with Gasteiger partial charge in [0.2, 0.25) is 0 Å². The standard InChI is InChI=1S/C21H15N3O3/c1-15-8-10-17(14-20(15)24(26)27)21(25)23-19-7-4-5-16(13-19)9-11-18-6-2-3-12-22-18/h2-8,10,12-14H,1H3,(H,23,25). The molecule has 6 heteroatoms. The van der Waals surface area contributed by atoms with Crippen LogP contribution in [0.1, 0.15) is 27.2 Å². The molecule has 0 aliphatic heterocycles. The van der Waals surface area contributed by atoms with Crippen molar-refractivity contribution in [3.63, 3.8) is 0 Å². The number of nitro groups is 1. The van der Waals surface area contributed by atoms with E-state index >= 15 is 0 Å².